The fraction of sp³-hybridized carbons (Fsp3) is 0.357. The number of nitrogens with two attached hydrogens (primary N) is 1. The van der Waals surface area contributed by atoms with E-state index in [-0.39, 0.29) is 11.2 Å². The summed E-state index contributed by atoms with van der Waals surface area (Å²) in [7, 11) is 0. The molecule has 19 heavy (non-hydrogen) atoms. The number of hydrogen-bond donors (Lipinski definition) is 1. The molecule has 102 valence electrons. The van der Waals surface area contributed by atoms with E-state index in [2.05, 4.69) is 31.1 Å². The van der Waals surface area contributed by atoms with E-state index >= 15 is 0 Å². The van der Waals surface area contributed by atoms with Gasteiger partial charge in [0.2, 0.25) is 0 Å². The summed E-state index contributed by atoms with van der Waals surface area (Å²) in [5, 5.41) is 3.18. The average Bonchev–Trinajstić information content (AvgIpc) is 2.79. The second-order valence-corrected chi connectivity index (χ2v) is 7.24. The van der Waals surface area contributed by atoms with Gasteiger partial charge >= 0.3 is 0 Å². The van der Waals surface area contributed by atoms with Crippen molar-refractivity contribution in [1.29, 1.82) is 0 Å². The molecule has 0 atom stereocenters. The number of halogens is 1. The summed E-state index contributed by atoms with van der Waals surface area (Å²) in [5.74, 6) is 0.450. The van der Waals surface area contributed by atoms with Crippen LogP contribution in [-0.2, 0) is 11.2 Å². The predicted octanol–water partition coefficient (Wildman–Crippen LogP) is 4.45. The first kappa shape index (κ1) is 14.3. The van der Waals surface area contributed by atoms with Crippen molar-refractivity contribution in [2.24, 2.45) is 0 Å². The number of thioether (sulfide) groups is 1. The van der Waals surface area contributed by atoms with Gasteiger partial charge in [-0.1, -0.05) is 20.8 Å². The van der Waals surface area contributed by atoms with Crippen LogP contribution in [0.2, 0.25) is 0 Å². The van der Waals surface area contributed by atoms with Crippen LogP contribution in [0.5, 0.6) is 0 Å². The summed E-state index contributed by atoms with van der Waals surface area (Å²) in [5.41, 5.74) is 7.52. The van der Waals surface area contributed by atoms with Crippen molar-refractivity contribution < 1.29 is 4.39 Å². The van der Waals surface area contributed by atoms with Gasteiger partial charge in [-0.3, -0.25) is 0 Å². The molecule has 0 aliphatic rings. The van der Waals surface area contributed by atoms with Crippen molar-refractivity contribution in [2.75, 3.05) is 5.73 Å². The molecular weight excluding hydrogens is 279 g/mol. The molecule has 0 bridgehead atoms. The molecule has 0 unspecified atom stereocenters. The number of benzene rings is 1. The van der Waals surface area contributed by atoms with Gasteiger partial charge in [0.25, 0.3) is 0 Å². The van der Waals surface area contributed by atoms with Crippen molar-refractivity contribution in [3.05, 3.63) is 40.1 Å². The van der Waals surface area contributed by atoms with E-state index in [1.54, 1.807) is 17.4 Å². The zero-order valence-corrected chi connectivity index (χ0v) is 12.9. The summed E-state index contributed by atoms with van der Waals surface area (Å²) < 4.78 is 13.2. The van der Waals surface area contributed by atoms with Crippen molar-refractivity contribution in [3.8, 4) is 0 Å². The van der Waals surface area contributed by atoms with Crippen molar-refractivity contribution >= 4 is 28.8 Å². The molecule has 2 nitrogen and oxygen atoms in total. The highest BCUT2D eigenvalue weighted by Crippen LogP contribution is 2.31. The molecule has 1 aromatic heterocycles. The average molecular weight is 296 g/mol. The van der Waals surface area contributed by atoms with Crippen molar-refractivity contribution in [2.45, 2.75) is 36.8 Å². The summed E-state index contributed by atoms with van der Waals surface area (Å²) in [4.78, 5) is 5.38. The summed E-state index contributed by atoms with van der Waals surface area (Å²) in [6.45, 7) is 6.44. The van der Waals surface area contributed by atoms with Gasteiger partial charge in [0.05, 0.1) is 10.7 Å². The molecule has 0 saturated carbocycles. The monoisotopic (exact) mass is 296 g/mol. The zero-order chi connectivity index (χ0) is 14.0. The number of nitrogens with zero attached hydrogens (tertiary/aromatic N) is 1. The zero-order valence-electron chi connectivity index (χ0n) is 11.2. The second kappa shape index (κ2) is 5.51. The Morgan fingerprint density at radius 2 is 2.11 bits per heavy atom. The lowest BCUT2D eigenvalue weighted by Gasteiger charge is -2.13. The first-order chi connectivity index (χ1) is 8.86. The van der Waals surface area contributed by atoms with Gasteiger partial charge in [-0.25, -0.2) is 9.37 Å². The molecule has 1 aromatic carbocycles. The fourth-order valence-corrected chi connectivity index (χ4v) is 3.40. The molecule has 0 spiro atoms. The summed E-state index contributed by atoms with van der Waals surface area (Å²) in [6.07, 6.45) is 0. The van der Waals surface area contributed by atoms with Gasteiger partial charge in [-0.2, -0.15) is 0 Å². The topological polar surface area (TPSA) is 38.9 Å². The smallest absolute Gasteiger partial charge is 0.124 e. The Hall–Kier alpha value is -1.07. The molecular formula is C14H17FN2S2. The third-order valence-electron chi connectivity index (χ3n) is 2.54. The molecule has 0 amide bonds. The maximum atomic E-state index is 13.2. The van der Waals surface area contributed by atoms with Crippen LogP contribution >= 0.6 is 23.1 Å². The molecule has 0 fully saturated rings. The molecule has 0 aliphatic heterocycles. The van der Waals surface area contributed by atoms with E-state index in [0.29, 0.717) is 11.4 Å². The van der Waals surface area contributed by atoms with Crippen LogP contribution in [0, 0.1) is 5.82 Å². The van der Waals surface area contributed by atoms with E-state index in [4.69, 9.17) is 5.73 Å². The van der Waals surface area contributed by atoms with Gasteiger partial charge in [0.1, 0.15) is 5.82 Å². The van der Waals surface area contributed by atoms with Crippen LogP contribution in [0.25, 0.3) is 0 Å². The van der Waals surface area contributed by atoms with Crippen molar-refractivity contribution in [1.82, 2.24) is 4.98 Å². The number of nitrogen functional groups attached to an aromatic ring is 1. The molecule has 1 heterocycles. The SMILES string of the molecule is CC(C)(C)c1nc(CSc2cc(F)ccc2N)cs1. The normalized spacial score (nSPS) is 11.8. The van der Waals surface area contributed by atoms with E-state index in [0.717, 1.165) is 15.6 Å². The minimum atomic E-state index is -0.259. The third kappa shape index (κ3) is 3.70. The van der Waals surface area contributed by atoms with Gasteiger partial charge in [-0.05, 0) is 18.2 Å². The molecule has 0 aliphatic carbocycles. The molecule has 2 N–H and O–H groups in total. The van der Waals surface area contributed by atoms with Crippen LogP contribution in [0.3, 0.4) is 0 Å². The van der Waals surface area contributed by atoms with Crippen LogP contribution in [0.15, 0.2) is 28.5 Å². The lowest BCUT2D eigenvalue weighted by atomic mass is 9.98. The van der Waals surface area contributed by atoms with Crippen LogP contribution < -0.4 is 5.73 Å². The van der Waals surface area contributed by atoms with Gasteiger partial charge < -0.3 is 5.73 Å². The lowest BCUT2D eigenvalue weighted by molar-refractivity contribution is 0.584. The quantitative estimate of drug-likeness (QED) is 0.671. The Labute approximate surface area is 121 Å². The third-order valence-corrected chi connectivity index (χ3v) is 4.97. The first-order valence-electron chi connectivity index (χ1n) is 5.99. The number of hydrogen-bond acceptors (Lipinski definition) is 4. The summed E-state index contributed by atoms with van der Waals surface area (Å²) in [6, 6.07) is 4.44. The largest absolute Gasteiger partial charge is 0.398 e. The standard InChI is InChI=1S/C14H17FN2S2/c1-14(2,3)13-17-10(8-19-13)7-18-12-6-9(15)4-5-11(12)16/h4-6,8H,7,16H2,1-3H3. The Bertz CT molecular complexity index is 573. The van der Waals surface area contributed by atoms with Crippen LogP contribution in [-0.4, -0.2) is 4.98 Å². The van der Waals surface area contributed by atoms with Gasteiger partial charge in [-0.15, -0.1) is 23.1 Å². The Kier molecular flexibility index (Phi) is 4.16. The fourth-order valence-electron chi connectivity index (χ4n) is 1.50. The maximum absolute atomic E-state index is 13.2. The molecule has 2 rings (SSSR count). The van der Waals surface area contributed by atoms with E-state index in [1.165, 1.54) is 23.9 Å². The van der Waals surface area contributed by atoms with Gasteiger partial charge in [0.15, 0.2) is 0 Å². The second-order valence-electron chi connectivity index (χ2n) is 5.36. The maximum Gasteiger partial charge on any atom is 0.124 e. The van der Waals surface area contributed by atoms with Crippen LogP contribution in [0.4, 0.5) is 10.1 Å². The Balaban J connectivity index is 2.06. The molecule has 0 saturated heterocycles. The first-order valence-corrected chi connectivity index (χ1v) is 7.85. The summed E-state index contributed by atoms with van der Waals surface area (Å²) >= 11 is 3.19. The molecule has 5 heteroatoms. The minimum Gasteiger partial charge on any atom is -0.398 e. The molecule has 2 aromatic rings. The highest BCUT2D eigenvalue weighted by Gasteiger charge is 2.18. The Morgan fingerprint density at radius 1 is 1.37 bits per heavy atom. The van der Waals surface area contributed by atoms with Crippen molar-refractivity contribution in [3.63, 3.8) is 0 Å². The van der Waals surface area contributed by atoms with E-state index in [1.807, 2.05) is 0 Å². The number of anilines is 1. The van der Waals surface area contributed by atoms with Crippen LogP contribution in [0.1, 0.15) is 31.5 Å². The number of thiazole rings is 1. The van der Waals surface area contributed by atoms with E-state index in [9.17, 15) is 4.39 Å². The predicted molar refractivity (Wildman–Crippen MR) is 81.2 cm³/mol. The highest BCUT2D eigenvalue weighted by molar-refractivity contribution is 7.98. The van der Waals surface area contributed by atoms with Gasteiger partial charge in [0, 0.05) is 27.1 Å². The minimum absolute atomic E-state index is 0.0749. The highest BCUT2D eigenvalue weighted by atomic mass is 32.2. The van der Waals surface area contributed by atoms with E-state index < -0.39 is 0 Å². The number of rotatable bonds is 3. The molecule has 0 radical (unpaired) electrons. The Morgan fingerprint density at radius 3 is 2.74 bits per heavy atom. The number of aromatic nitrogens is 1. The lowest BCUT2D eigenvalue weighted by Crippen LogP contribution is -2.10.